The van der Waals surface area contributed by atoms with Crippen LogP contribution in [0.25, 0.3) is 0 Å². The van der Waals surface area contributed by atoms with Crippen molar-refractivity contribution in [2.45, 2.75) is 40.2 Å². The second kappa shape index (κ2) is 8.41. The minimum absolute atomic E-state index is 0.200. The predicted octanol–water partition coefficient (Wildman–Crippen LogP) is 2.76. The average Bonchev–Trinajstić information content (AvgIpc) is 2.48. The zero-order valence-corrected chi connectivity index (χ0v) is 13.8. The maximum atomic E-state index is 12.2. The molecule has 1 amide bonds. The third-order valence-corrected chi connectivity index (χ3v) is 3.57. The van der Waals surface area contributed by atoms with Crippen molar-refractivity contribution < 1.29 is 14.7 Å². The maximum Gasteiger partial charge on any atom is 0.326 e. The normalized spacial score (nSPS) is 12.0. The smallest absolute Gasteiger partial charge is 0.326 e. The fourth-order valence-corrected chi connectivity index (χ4v) is 2.35. The summed E-state index contributed by atoms with van der Waals surface area (Å²) in [6, 6.07) is 6.39. The summed E-state index contributed by atoms with van der Waals surface area (Å²) in [5.74, 6) is -1.15. The molecular formula is C17H26N2O3. The number of anilines is 1. The summed E-state index contributed by atoms with van der Waals surface area (Å²) < 4.78 is 0. The SMILES string of the molecule is CCN(CC)c1ccc(C(=O)NC(CC(C)C)C(=O)O)cc1. The second-order valence-corrected chi connectivity index (χ2v) is 5.71. The molecule has 0 fully saturated rings. The molecule has 1 atom stereocenters. The molecule has 22 heavy (non-hydrogen) atoms. The number of nitrogens with zero attached hydrogens (tertiary/aromatic N) is 1. The first kappa shape index (κ1) is 18.0. The zero-order chi connectivity index (χ0) is 16.7. The number of carboxylic acid groups (broad SMARTS) is 1. The number of hydrogen-bond acceptors (Lipinski definition) is 3. The van der Waals surface area contributed by atoms with Gasteiger partial charge in [0.05, 0.1) is 0 Å². The fraction of sp³-hybridized carbons (Fsp3) is 0.529. The summed E-state index contributed by atoms with van der Waals surface area (Å²) in [6.45, 7) is 9.82. The maximum absolute atomic E-state index is 12.2. The largest absolute Gasteiger partial charge is 0.480 e. The summed E-state index contributed by atoms with van der Waals surface area (Å²) in [5.41, 5.74) is 1.53. The summed E-state index contributed by atoms with van der Waals surface area (Å²) >= 11 is 0. The van der Waals surface area contributed by atoms with Gasteiger partial charge < -0.3 is 15.3 Å². The number of benzene rings is 1. The van der Waals surface area contributed by atoms with E-state index in [9.17, 15) is 14.7 Å². The van der Waals surface area contributed by atoms with Crippen LogP contribution in [0.3, 0.4) is 0 Å². The van der Waals surface area contributed by atoms with Gasteiger partial charge in [0.2, 0.25) is 0 Å². The third-order valence-electron chi connectivity index (χ3n) is 3.57. The highest BCUT2D eigenvalue weighted by atomic mass is 16.4. The van der Waals surface area contributed by atoms with E-state index >= 15 is 0 Å². The minimum Gasteiger partial charge on any atom is -0.480 e. The number of rotatable bonds is 8. The highest BCUT2D eigenvalue weighted by molar-refractivity contribution is 5.96. The van der Waals surface area contributed by atoms with Crippen LogP contribution in [0.5, 0.6) is 0 Å². The number of aliphatic carboxylic acids is 1. The van der Waals surface area contributed by atoms with Gasteiger partial charge in [0.15, 0.2) is 0 Å². The Morgan fingerprint density at radius 2 is 1.68 bits per heavy atom. The summed E-state index contributed by atoms with van der Waals surface area (Å²) in [4.78, 5) is 25.6. The van der Waals surface area contributed by atoms with Crippen LogP contribution in [0.15, 0.2) is 24.3 Å². The van der Waals surface area contributed by atoms with Gasteiger partial charge in [0, 0.05) is 24.3 Å². The van der Waals surface area contributed by atoms with E-state index < -0.39 is 12.0 Å². The van der Waals surface area contributed by atoms with E-state index in [1.54, 1.807) is 12.1 Å². The molecule has 0 spiro atoms. The molecule has 1 aromatic rings. The monoisotopic (exact) mass is 306 g/mol. The first-order valence-electron chi connectivity index (χ1n) is 7.77. The molecule has 0 aromatic heterocycles. The molecule has 5 heteroatoms. The van der Waals surface area contributed by atoms with Crippen LogP contribution in [0.4, 0.5) is 5.69 Å². The van der Waals surface area contributed by atoms with Crippen molar-refractivity contribution in [1.29, 1.82) is 0 Å². The van der Waals surface area contributed by atoms with Crippen LogP contribution in [-0.4, -0.2) is 36.1 Å². The lowest BCUT2D eigenvalue weighted by Crippen LogP contribution is -2.41. The van der Waals surface area contributed by atoms with Crippen LogP contribution in [0.2, 0.25) is 0 Å². The van der Waals surface area contributed by atoms with E-state index in [4.69, 9.17) is 0 Å². The van der Waals surface area contributed by atoms with Gasteiger partial charge in [0.1, 0.15) is 6.04 Å². The van der Waals surface area contributed by atoms with Crippen LogP contribution < -0.4 is 10.2 Å². The van der Waals surface area contributed by atoms with Gasteiger partial charge in [0.25, 0.3) is 5.91 Å². The van der Waals surface area contributed by atoms with Gasteiger partial charge in [-0.3, -0.25) is 4.79 Å². The van der Waals surface area contributed by atoms with Gasteiger partial charge in [-0.2, -0.15) is 0 Å². The fourth-order valence-electron chi connectivity index (χ4n) is 2.35. The highest BCUT2D eigenvalue weighted by Gasteiger charge is 2.21. The van der Waals surface area contributed by atoms with E-state index in [1.807, 2.05) is 26.0 Å². The van der Waals surface area contributed by atoms with Crippen molar-refractivity contribution >= 4 is 17.6 Å². The molecule has 0 heterocycles. The molecule has 0 aliphatic heterocycles. The second-order valence-electron chi connectivity index (χ2n) is 5.71. The Bertz CT molecular complexity index is 493. The minimum atomic E-state index is -0.998. The average molecular weight is 306 g/mol. The van der Waals surface area contributed by atoms with Crippen molar-refractivity contribution in [2.75, 3.05) is 18.0 Å². The van der Waals surface area contributed by atoms with E-state index in [-0.39, 0.29) is 11.8 Å². The van der Waals surface area contributed by atoms with E-state index in [1.165, 1.54) is 0 Å². The number of hydrogen-bond donors (Lipinski definition) is 2. The highest BCUT2D eigenvalue weighted by Crippen LogP contribution is 2.15. The molecule has 0 saturated carbocycles. The van der Waals surface area contributed by atoms with Crippen molar-refractivity contribution in [3.05, 3.63) is 29.8 Å². The van der Waals surface area contributed by atoms with Crippen LogP contribution in [0.1, 0.15) is 44.5 Å². The summed E-state index contributed by atoms with van der Waals surface area (Å²) in [5, 5.41) is 11.8. The Balaban J connectivity index is 2.78. The van der Waals surface area contributed by atoms with Crippen LogP contribution >= 0.6 is 0 Å². The predicted molar refractivity (Wildman–Crippen MR) is 88.3 cm³/mol. The Morgan fingerprint density at radius 1 is 1.14 bits per heavy atom. The number of carbonyl (C=O) groups is 2. The molecule has 122 valence electrons. The topological polar surface area (TPSA) is 69.6 Å². The number of carboxylic acids is 1. The van der Waals surface area contributed by atoms with Crippen molar-refractivity contribution in [2.24, 2.45) is 5.92 Å². The third kappa shape index (κ3) is 5.06. The van der Waals surface area contributed by atoms with Gasteiger partial charge in [-0.05, 0) is 50.5 Å². The van der Waals surface area contributed by atoms with Crippen LogP contribution in [-0.2, 0) is 4.79 Å². The molecule has 0 bridgehead atoms. The van der Waals surface area contributed by atoms with Crippen LogP contribution in [0, 0.1) is 5.92 Å². The zero-order valence-electron chi connectivity index (χ0n) is 13.8. The van der Waals surface area contributed by atoms with Gasteiger partial charge in [-0.25, -0.2) is 4.79 Å². The molecule has 0 saturated heterocycles. The quantitative estimate of drug-likeness (QED) is 0.775. The van der Waals surface area contributed by atoms with E-state index in [0.717, 1.165) is 18.8 Å². The van der Waals surface area contributed by atoms with Gasteiger partial charge in [-0.15, -0.1) is 0 Å². The van der Waals surface area contributed by atoms with E-state index in [0.29, 0.717) is 12.0 Å². The first-order chi connectivity index (χ1) is 10.4. The van der Waals surface area contributed by atoms with Gasteiger partial charge in [-0.1, -0.05) is 13.8 Å². The molecule has 0 radical (unpaired) electrons. The van der Waals surface area contributed by atoms with Gasteiger partial charge >= 0.3 is 5.97 Å². The molecule has 1 unspecified atom stereocenters. The van der Waals surface area contributed by atoms with Crippen molar-refractivity contribution in [3.63, 3.8) is 0 Å². The first-order valence-corrected chi connectivity index (χ1v) is 7.77. The Labute approximate surface area is 132 Å². The summed E-state index contributed by atoms with van der Waals surface area (Å²) in [7, 11) is 0. The number of carbonyl (C=O) groups excluding carboxylic acids is 1. The lowest BCUT2D eigenvalue weighted by Gasteiger charge is -2.21. The Kier molecular flexibility index (Phi) is 6.89. The van der Waals surface area contributed by atoms with Crippen molar-refractivity contribution in [1.82, 2.24) is 5.32 Å². The number of nitrogens with one attached hydrogen (secondary N) is 1. The molecule has 1 aromatic carbocycles. The lowest BCUT2D eigenvalue weighted by molar-refractivity contribution is -0.139. The molecule has 2 N–H and O–H groups in total. The standard InChI is InChI=1S/C17H26N2O3/c1-5-19(6-2)14-9-7-13(8-10-14)16(20)18-15(17(21)22)11-12(3)4/h7-10,12,15H,5-6,11H2,1-4H3,(H,18,20)(H,21,22). The Hall–Kier alpha value is -2.04. The summed E-state index contributed by atoms with van der Waals surface area (Å²) in [6.07, 6.45) is 0.415. The molecule has 5 nitrogen and oxygen atoms in total. The Morgan fingerprint density at radius 3 is 2.09 bits per heavy atom. The number of amides is 1. The molecule has 0 aliphatic carbocycles. The van der Waals surface area contributed by atoms with E-state index in [2.05, 4.69) is 24.1 Å². The molecular weight excluding hydrogens is 280 g/mol. The van der Waals surface area contributed by atoms with Crippen molar-refractivity contribution in [3.8, 4) is 0 Å². The molecule has 0 aliphatic rings. The molecule has 1 rings (SSSR count). The lowest BCUT2D eigenvalue weighted by atomic mass is 10.0.